The maximum absolute atomic E-state index is 6.93. The molecule has 0 aliphatic heterocycles. The van der Waals surface area contributed by atoms with Crippen molar-refractivity contribution in [1.29, 1.82) is 0 Å². The highest BCUT2D eigenvalue weighted by Crippen LogP contribution is 2.43. The van der Waals surface area contributed by atoms with Gasteiger partial charge in [0.25, 0.3) is 0 Å². The summed E-state index contributed by atoms with van der Waals surface area (Å²) < 4.78 is 11.6. The molecule has 1 aliphatic carbocycles. The Morgan fingerprint density at radius 3 is 1.60 bits per heavy atom. The number of allylic oxidation sites excluding steroid dienone is 1. The fourth-order valence-corrected chi connectivity index (χ4v) is 9.82. The van der Waals surface area contributed by atoms with Gasteiger partial charge in [-0.2, -0.15) is 0 Å². The van der Waals surface area contributed by atoms with Crippen LogP contribution in [0.15, 0.2) is 193 Å². The van der Waals surface area contributed by atoms with Gasteiger partial charge in [0.1, 0.15) is 5.76 Å². The molecule has 0 spiro atoms. The Bertz CT molecular complexity index is 3800. The highest BCUT2D eigenvalue weighted by Gasteiger charge is 2.25. The zero-order valence-electron chi connectivity index (χ0n) is 34.0. The van der Waals surface area contributed by atoms with E-state index in [0.717, 1.165) is 135 Å². The molecule has 5 aromatic carbocycles. The first-order valence-electron chi connectivity index (χ1n) is 21.3. The van der Waals surface area contributed by atoms with Crippen LogP contribution in [0.3, 0.4) is 0 Å². The molecule has 0 radical (unpaired) electrons. The molecule has 0 amide bonds. The van der Waals surface area contributed by atoms with Crippen LogP contribution in [0.4, 0.5) is 0 Å². The van der Waals surface area contributed by atoms with Crippen molar-refractivity contribution in [2.24, 2.45) is 0 Å². The number of pyridine rings is 4. The Labute approximate surface area is 361 Å². The van der Waals surface area contributed by atoms with E-state index in [4.69, 9.17) is 24.4 Å². The lowest BCUT2D eigenvalue weighted by Crippen LogP contribution is -2.00. The molecule has 13 rings (SSSR count). The van der Waals surface area contributed by atoms with Gasteiger partial charge in [-0.3, -0.25) is 19.9 Å². The van der Waals surface area contributed by atoms with Crippen molar-refractivity contribution >= 4 is 60.9 Å². The van der Waals surface area contributed by atoms with Crippen LogP contribution in [0.2, 0.25) is 0 Å². The van der Waals surface area contributed by atoms with E-state index in [1.54, 1.807) is 0 Å². The highest BCUT2D eigenvalue weighted by molar-refractivity contribution is 6.12. The molecule has 0 N–H and O–H groups in total. The number of nitrogens with zero attached hydrogens (tertiary/aromatic N) is 6. The third-order valence-electron chi connectivity index (χ3n) is 12.6. The van der Waals surface area contributed by atoms with Crippen molar-refractivity contribution in [2.75, 3.05) is 0 Å². The number of rotatable bonds is 6. The van der Waals surface area contributed by atoms with E-state index in [1.165, 1.54) is 0 Å². The fraction of sp³-hybridized carbons (Fsp3) is 0.0357. The lowest BCUT2D eigenvalue weighted by atomic mass is 9.96. The summed E-state index contributed by atoms with van der Waals surface area (Å²) in [5.74, 6) is 1.01. The van der Waals surface area contributed by atoms with Gasteiger partial charge in [-0.1, -0.05) is 84.9 Å². The Balaban J connectivity index is 1.05. The minimum absolute atomic E-state index is 0.852. The maximum atomic E-state index is 6.93. The van der Waals surface area contributed by atoms with Crippen LogP contribution in [-0.4, -0.2) is 29.1 Å². The summed E-state index contributed by atoms with van der Waals surface area (Å²) in [5.41, 5.74) is 18.5. The molecule has 0 bridgehead atoms. The minimum atomic E-state index is 0.852. The summed E-state index contributed by atoms with van der Waals surface area (Å²) in [6.45, 7) is 0. The van der Waals surface area contributed by atoms with Gasteiger partial charge in [0.15, 0.2) is 5.58 Å². The molecule has 0 fully saturated rings. The van der Waals surface area contributed by atoms with Gasteiger partial charge in [0.05, 0.1) is 50.2 Å². The van der Waals surface area contributed by atoms with Crippen LogP contribution in [0.1, 0.15) is 17.7 Å². The Morgan fingerprint density at radius 1 is 0.444 bits per heavy atom. The van der Waals surface area contributed by atoms with E-state index in [2.05, 4.69) is 143 Å². The zero-order chi connectivity index (χ0) is 41.4. The first-order chi connectivity index (χ1) is 31.3. The molecular formula is C56H36N6O. The topological polar surface area (TPSA) is 74.6 Å². The molecule has 1 aliphatic rings. The maximum Gasteiger partial charge on any atom is 0.159 e. The lowest BCUT2D eigenvalue weighted by Gasteiger charge is -2.14. The molecular weight excluding hydrogens is 773 g/mol. The predicted octanol–water partition coefficient (Wildman–Crippen LogP) is 13.8. The number of benzene rings is 5. The third-order valence-corrected chi connectivity index (χ3v) is 12.6. The second-order valence-electron chi connectivity index (χ2n) is 16.1. The van der Waals surface area contributed by atoms with Gasteiger partial charge >= 0.3 is 0 Å². The van der Waals surface area contributed by atoms with Gasteiger partial charge in [-0.25, -0.2) is 0 Å². The van der Waals surface area contributed by atoms with Crippen LogP contribution in [-0.2, 0) is 6.42 Å². The number of aromatic nitrogens is 6. The second-order valence-corrected chi connectivity index (χ2v) is 16.1. The first kappa shape index (κ1) is 35.3. The van der Waals surface area contributed by atoms with Gasteiger partial charge < -0.3 is 13.6 Å². The van der Waals surface area contributed by atoms with E-state index < -0.39 is 0 Å². The Hall–Kier alpha value is -8.42. The summed E-state index contributed by atoms with van der Waals surface area (Å²) >= 11 is 0. The quantitative estimate of drug-likeness (QED) is 0.167. The minimum Gasteiger partial charge on any atom is -0.458 e. The normalized spacial score (nSPS) is 12.6. The van der Waals surface area contributed by atoms with E-state index in [-0.39, 0.29) is 0 Å². The molecule has 7 heteroatoms. The highest BCUT2D eigenvalue weighted by atomic mass is 16.3. The van der Waals surface area contributed by atoms with Gasteiger partial charge in [-0.15, -0.1) is 0 Å². The molecule has 296 valence electrons. The largest absolute Gasteiger partial charge is 0.458 e. The number of hydrogen-bond acceptors (Lipinski definition) is 5. The van der Waals surface area contributed by atoms with E-state index in [0.29, 0.717) is 0 Å². The van der Waals surface area contributed by atoms with Crippen molar-refractivity contribution in [3.63, 3.8) is 0 Å². The number of hydrogen-bond donors (Lipinski definition) is 0. The van der Waals surface area contributed by atoms with Crippen molar-refractivity contribution in [3.05, 3.63) is 200 Å². The van der Waals surface area contributed by atoms with Crippen LogP contribution < -0.4 is 0 Å². The predicted molar refractivity (Wildman–Crippen MR) is 255 cm³/mol. The smallest absolute Gasteiger partial charge is 0.159 e. The summed E-state index contributed by atoms with van der Waals surface area (Å²) in [7, 11) is 0. The number of aryl methyl sites for hydroxylation is 1. The first-order valence-corrected chi connectivity index (χ1v) is 21.3. The van der Waals surface area contributed by atoms with Crippen LogP contribution in [0.25, 0.3) is 117 Å². The monoisotopic (exact) mass is 808 g/mol. The molecule has 7 heterocycles. The average Bonchev–Trinajstić information content (AvgIpc) is 4.01. The summed E-state index contributed by atoms with van der Waals surface area (Å²) in [6, 6.07) is 55.5. The van der Waals surface area contributed by atoms with Crippen molar-refractivity contribution in [2.45, 2.75) is 12.8 Å². The Kier molecular flexibility index (Phi) is 7.90. The van der Waals surface area contributed by atoms with E-state index in [1.807, 2.05) is 61.2 Å². The van der Waals surface area contributed by atoms with E-state index in [9.17, 15) is 0 Å². The standard InChI is InChI=1S/C56H36N6O/c1-3-15-40(46-18-7-9-27-57-46)38(13-1)35-23-25-48-44(31-35)54-50(20-11-29-59-54)61(48)37-33-43-42-17-5-6-22-53(42)63-56(43)52(34-37)62-49-26-24-36(32-45(49)55-51(62)21-12-30-60-55)39-14-2-4-16-41(39)47-19-8-10-28-58-47/h1-5,7-21,23-34H,6,22H2. The van der Waals surface area contributed by atoms with Crippen molar-refractivity contribution < 1.29 is 4.42 Å². The van der Waals surface area contributed by atoms with Gasteiger partial charge in [0.2, 0.25) is 0 Å². The Morgan fingerprint density at radius 2 is 1.00 bits per heavy atom. The summed E-state index contributed by atoms with van der Waals surface area (Å²) in [4.78, 5) is 19.5. The lowest BCUT2D eigenvalue weighted by molar-refractivity contribution is 0.545. The van der Waals surface area contributed by atoms with E-state index >= 15 is 0 Å². The average molecular weight is 809 g/mol. The van der Waals surface area contributed by atoms with Gasteiger partial charge in [0, 0.05) is 69.7 Å². The third kappa shape index (κ3) is 5.53. The van der Waals surface area contributed by atoms with Crippen LogP contribution in [0.5, 0.6) is 0 Å². The number of fused-ring (bicyclic) bond motifs is 9. The molecule has 7 nitrogen and oxygen atoms in total. The molecule has 0 atom stereocenters. The number of furan rings is 1. The molecule has 0 unspecified atom stereocenters. The SMILES string of the molecule is C1=Cc2c(oc3c(-n4c5ccc(-c6ccccc6-c6ccccn6)cc5c5ncccc54)cc(-n4c5ccc(-c6ccccc6-c6ccccn6)cc5c5ncccc54)cc23)CC1. The molecule has 0 saturated carbocycles. The molecule has 0 saturated heterocycles. The molecule has 63 heavy (non-hydrogen) atoms. The van der Waals surface area contributed by atoms with Crippen LogP contribution in [0, 0.1) is 0 Å². The fourth-order valence-electron chi connectivity index (χ4n) is 9.82. The van der Waals surface area contributed by atoms with Crippen LogP contribution >= 0.6 is 0 Å². The van der Waals surface area contributed by atoms with Crippen molar-refractivity contribution in [1.82, 2.24) is 29.1 Å². The van der Waals surface area contributed by atoms with Crippen molar-refractivity contribution in [3.8, 4) is 56.1 Å². The second kappa shape index (κ2) is 14.1. The summed E-state index contributed by atoms with van der Waals surface area (Å²) in [5, 5.41) is 3.22. The molecule has 7 aromatic heterocycles. The summed E-state index contributed by atoms with van der Waals surface area (Å²) in [6.07, 6.45) is 13.8. The van der Waals surface area contributed by atoms with Gasteiger partial charge in [-0.05, 0) is 114 Å². The zero-order valence-corrected chi connectivity index (χ0v) is 34.0. The molecule has 12 aromatic rings.